The Morgan fingerprint density at radius 1 is 1.29 bits per heavy atom. The predicted molar refractivity (Wildman–Crippen MR) is 116 cm³/mol. The third-order valence-corrected chi connectivity index (χ3v) is 7.15. The molecule has 0 bridgehead atoms. The molecule has 3 aromatic rings. The van der Waals surface area contributed by atoms with Crippen LogP contribution in [0.1, 0.15) is 39.5 Å². The van der Waals surface area contributed by atoms with Crippen molar-refractivity contribution < 1.29 is 4.79 Å². The number of nitrogens with zero attached hydrogens (tertiary/aromatic N) is 2. The SMILES string of the molecule is CSc1ccc(CCNC(=O)c2sc3nc4n(c(=O)c3c2C)CCCC4)cc1. The lowest BCUT2D eigenvalue weighted by Crippen LogP contribution is -2.28. The summed E-state index contributed by atoms with van der Waals surface area (Å²) in [7, 11) is 0. The van der Waals surface area contributed by atoms with E-state index in [9.17, 15) is 9.59 Å². The number of carbonyl (C=O) groups excluding carboxylic acids is 1. The van der Waals surface area contributed by atoms with E-state index in [0.29, 0.717) is 21.6 Å². The third kappa shape index (κ3) is 3.61. The molecule has 5 nitrogen and oxygen atoms in total. The molecule has 7 heteroatoms. The maximum Gasteiger partial charge on any atom is 0.262 e. The van der Waals surface area contributed by atoms with Gasteiger partial charge in [-0.25, -0.2) is 4.98 Å². The van der Waals surface area contributed by atoms with Gasteiger partial charge in [-0.3, -0.25) is 14.2 Å². The standard InChI is InChI=1S/C21H23N3O2S2/c1-13-17-20(23-16-5-3-4-12-24(16)21(17)26)28-18(13)19(25)22-11-10-14-6-8-15(27-2)9-7-14/h6-9H,3-5,10-12H2,1-2H3,(H,22,25). The Morgan fingerprint density at radius 2 is 2.07 bits per heavy atom. The Balaban J connectivity index is 1.51. The molecule has 0 saturated carbocycles. The van der Waals surface area contributed by atoms with E-state index in [1.165, 1.54) is 21.8 Å². The maximum absolute atomic E-state index is 12.9. The van der Waals surface area contributed by atoms with Gasteiger partial charge < -0.3 is 5.32 Å². The summed E-state index contributed by atoms with van der Waals surface area (Å²) in [6.45, 7) is 3.14. The summed E-state index contributed by atoms with van der Waals surface area (Å²) in [5, 5.41) is 3.60. The number of aromatic nitrogens is 2. The van der Waals surface area contributed by atoms with E-state index in [2.05, 4.69) is 40.8 Å². The lowest BCUT2D eigenvalue weighted by molar-refractivity contribution is 0.0957. The number of fused-ring (bicyclic) bond motifs is 2. The summed E-state index contributed by atoms with van der Waals surface area (Å²) in [5.41, 5.74) is 1.94. The zero-order chi connectivity index (χ0) is 19.7. The van der Waals surface area contributed by atoms with Crippen LogP contribution in [0.3, 0.4) is 0 Å². The average molecular weight is 414 g/mol. The molecule has 0 fully saturated rings. The first kappa shape index (κ1) is 19.2. The van der Waals surface area contributed by atoms with Gasteiger partial charge in [-0.2, -0.15) is 0 Å². The minimum Gasteiger partial charge on any atom is -0.351 e. The fourth-order valence-electron chi connectivity index (χ4n) is 3.64. The summed E-state index contributed by atoms with van der Waals surface area (Å²) >= 11 is 3.05. The maximum atomic E-state index is 12.9. The van der Waals surface area contributed by atoms with E-state index >= 15 is 0 Å². The number of hydrogen-bond acceptors (Lipinski definition) is 5. The van der Waals surface area contributed by atoms with Crippen molar-refractivity contribution >= 4 is 39.2 Å². The minimum atomic E-state index is -0.122. The Morgan fingerprint density at radius 3 is 2.82 bits per heavy atom. The molecule has 146 valence electrons. The molecule has 4 rings (SSSR count). The highest BCUT2D eigenvalue weighted by molar-refractivity contribution is 7.98. The van der Waals surface area contributed by atoms with Crippen LogP contribution in [0.15, 0.2) is 34.0 Å². The number of amides is 1. The number of rotatable bonds is 5. The molecule has 1 aromatic carbocycles. The van der Waals surface area contributed by atoms with E-state index in [0.717, 1.165) is 43.6 Å². The Hall–Kier alpha value is -2.12. The minimum absolute atomic E-state index is 0.00128. The van der Waals surface area contributed by atoms with Crippen molar-refractivity contribution in [3.63, 3.8) is 0 Å². The quantitative estimate of drug-likeness (QED) is 0.646. The second kappa shape index (κ2) is 8.09. The van der Waals surface area contributed by atoms with E-state index in [4.69, 9.17) is 0 Å². The van der Waals surface area contributed by atoms with Gasteiger partial charge in [0.25, 0.3) is 11.5 Å². The number of thioether (sulfide) groups is 1. The van der Waals surface area contributed by atoms with Crippen LogP contribution in [0.4, 0.5) is 0 Å². The van der Waals surface area contributed by atoms with Crippen LogP contribution < -0.4 is 10.9 Å². The van der Waals surface area contributed by atoms with E-state index in [1.807, 2.05) is 6.92 Å². The molecule has 2 aromatic heterocycles. The van der Waals surface area contributed by atoms with Crippen LogP contribution in [0.5, 0.6) is 0 Å². The number of hydrogen-bond donors (Lipinski definition) is 1. The van der Waals surface area contributed by atoms with Gasteiger partial charge in [-0.1, -0.05) is 12.1 Å². The molecule has 0 unspecified atom stereocenters. The molecule has 0 radical (unpaired) electrons. The molecular formula is C21H23N3O2S2. The topological polar surface area (TPSA) is 64.0 Å². The van der Waals surface area contributed by atoms with Gasteiger partial charge >= 0.3 is 0 Å². The van der Waals surface area contributed by atoms with Gasteiger partial charge in [0.05, 0.1) is 10.3 Å². The molecule has 1 aliphatic rings. The molecule has 3 heterocycles. The van der Waals surface area contributed by atoms with E-state index in [-0.39, 0.29) is 11.5 Å². The summed E-state index contributed by atoms with van der Waals surface area (Å²) in [4.78, 5) is 32.8. The van der Waals surface area contributed by atoms with Crippen LogP contribution >= 0.6 is 23.1 Å². The highest BCUT2D eigenvalue weighted by atomic mass is 32.2. The van der Waals surface area contributed by atoms with Crippen molar-refractivity contribution in [2.45, 2.75) is 44.0 Å². The smallest absolute Gasteiger partial charge is 0.262 e. The number of carbonyl (C=O) groups is 1. The molecule has 1 N–H and O–H groups in total. The molecule has 0 spiro atoms. The van der Waals surface area contributed by atoms with Crippen LogP contribution in [0.25, 0.3) is 10.2 Å². The summed E-state index contributed by atoms with van der Waals surface area (Å²) in [6, 6.07) is 8.38. The van der Waals surface area contributed by atoms with Gasteiger partial charge in [0.2, 0.25) is 0 Å². The molecule has 0 saturated heterocycles. The first-order valence-electron chi connectivity index (χ1n) is 9.52. The van der Waals surface area contributed by atoms with E-state index in [1.54, 1.807) is 16.3 Å². The number of aryl methyl sites for hydroxylation is 2. The second-order valence-electron chi connectivity index (χ2n) is 7.03. The Labute approximate surface area is 172 Å². The molecule has 1 aliphatic heterocycles. The van der Waals surface area contributed by atoms with Crippen molar-refractivity contribution in [2.75, 3.05) is 12.8 Å². The van der Waals surface area contributed by atoms with Crippen LogP contribution in [0, 0.1) is 6.92 Å². The van der Waals surface area contributed by atoms with Gasteiger partial charge in [-0.15, -0.1) is 23.1 Å². The molecular weight excluding hydrogens is 390 g/mol. The van der Waals surface area contributed by atoms with E-state index < -0.39 is 0 Å². The lowest BCUT2D eigenvalue weighted by atomic mass is 10.1. The van der Waals surface area contributed by atoms with Crippen molar-refractivity contribution in [1.82, 2.24) is 14.9 Å². The van der Waals surface area contributed by atoms with Gasteiger partial charge in [-0.05, 0) is 55.7 Å². The Bertz CT molecular complexity index is 1080. The fraction of sp³-hybridized carbons (Fsp3) is 0.381. The second-order valence-corrected chi connectivity index (χ2v) is 8.91. The zero-order valence-corrected chi connectivity index (χ0v) is 17.7. The molecule has 0 aliphatic carbocycles. The molecule has 28 heavy (non-hydrogen) atoms. The van der Waals surface area contributed by atoms with Crippen molar-refractivity contribution in [3.8, 4) is 0 Å². The van der Waals surface area contributed by atoms with Crippen LogP contribution in [-0.2, 0) is 19.4 Å². The summed E-state index contributed by atoms with van der Waals surface area (Å²) in [6.07, 6.45) is 5.74. The van der Waals surface area contributed by atoms with Gasteiger partial charge in [0.1, 0.15) is 10.7 Å². The first-order chi connectivity index (χ1) is 13.6. The largest absolute Gasteiger partial charge is 0.351 e. The summed E-state index contributed by atoms with van der Waals surface area (Å²) in [5.74, 6) is 0.731. The highest BCUT2D eigenvalue weighted by Gasteiger charge is 2.22. The monoisotopic (exact) mass is 413 g/mol. The number of nitrogens with one attached hydrogen (secondary N) is 1. The fourth-order valence-corrected chi connectivity index (χ4v) is 5.16. The first-order valence-corrected chi connectivity index (χ1v) is 11.6. The summed E-state index contributed by atoms with van der Waals surface area (Å²) < 4.78 is 1.78. The van der Waals surface area contributed by atoms with Crippen LogP contribution in [-0.4, -0.2) is 28.3 Å². The highest BCUT2D eigenvalue weighted by Crippen LogP contribution is 2.28. The zero-order valence-electron chi connectivity index (χ0n) is 16.1. The van der Waals surface area contributed by atoms with Gasteiger partial charge in [0.15, 0.2) is 0 Å². The number of thiophene rings is 1. The Kier molecular flexibility index (Phi) is 5.55. The lowest BCUT2D eigenvalue weighted by Gasteiger charge is -2.16. The van der Waals surface area contributed by atoms with Gasteiger partial charge in [0, 0.05) is 24.4 Å². The third-order valence-electron chi connectivity index (χ3n) is 5.23. The van der Waals surface area contributed by atoms with Crippen molar-refractivity contribution in [1.29, 1.82) is 0 Å². The van der Waals surface area contributed by atoms with Crippen molar-refractivity contribution in [3.05, 3.63) is 56.4 Å². The van der Waals surface area contributed by atoms with Crippen LogP contribution in [0.2, 0.25) is 0 Å². The molecule has 0 atom stereocenters. The normalized spacial score (nSPS) is 13.5. The number of benzene rings is 1. The average Bonchev–Trinajstić information content (AvgIpc) is 3.05. The molecule has 1 amide bonds. The van der Waals surface area contributed by atoms with Crippen molar-refractivity contribution in [2.24, 2.45) is 0 Å². The predicted octanol–water partition coefficient (Wildman–Crippen LogP) is 3.80.